The molecule has 0 amide bonds. The Labute approximate surface area is 94.4 Å². The summed E-state index contributed by atoms with van der Waals surface area (Å²) < 4.78 is 5.39. The molecule has 1 saturated heterocycles. The summed E-state index contributed by atoms with van der Waals surface area (Å²) in [6.45, 7) is 0.673. The topological polar surface area (TPSA) is 26.3 Å². The molecule has 2 saturated carbocycles. The second kappa shape index (κ2) is 1.92. The summed E-state index contributed by atoms with van der Waals surface area (Å²) in [4.78, 5) is 11.8. The third-order valence-corrected chi connectivity index (χ3v) is 6.31. The lowest BCUT2D eigenvalue weighted by atomic mass is 9.71. The molecule has 2 nitrogen and oxygen atoms in total. The van der Waals surface area contributed by atoms with Crippen molar-refractivity contribution in [3.05, 3.63) is 23.8 Å². The van der Waals surface area contributed by atoms with Crippen molar-refractivity contribution in [3.63, 3.8) is 0 Å². The summed E-state index contributed by atoms with van der Waals surface area (Å²) in [5, 5.41) is 0. The highest BCUT2D eigenvalue weighted by atomic mass is 16.5. The highest BCUT2D eigenvalue weighted by molar-refractivity contribution is 5.95. The summed E-state index contributed by atoms with van der Waals surface area (Å²) in [6.07, 6.45) is 11.9. The largest absolute Gasteiger partial charge is 0.461 e. The summed E-state index contributed by atoms with van der Waals surface area (Å²) in [6, 6.07) is 0. The van der Waals surface area contributed by atoms with E-state index in [2.05, 4.69) is 18.2 Å². The van der Waals surface area contributed by atoms with Crippen molar-refractivity contribution >= 4 is 5.97 Å². The number of cyclic esters (lactones) is 1. The van der Waals surface area contributed by atoms with E-state index in [0.29, 0.717) is 23.4 Å². The molecular weight excluding hydrogens is 200 g/mol. The predicted octanol–water partition coefficient (Wildman–Crippen LogP) is 2.22. The molecule has 0 radical (unpaired) electrons. The lowest BCUT2D eigenvalue weighted by molar-refractivity contribution is -0.135. The first-order valence-corrected chi connectivity index (χ1v) is 6.30. The standard InChI is InChI=1S/C14H14O2/c15-11-10-5-9-6-12-3-1-2-4-13(12,7-9)14(10,12)8-16-11/h1-2,5,9H,3-4,6-8H2/t9?,12-,13+,14?. The number of esters is 1. The van der Waals surface area contributed by atoms with Crippen LogP contribution >= 0.6 is 0 Å². The summed E-state index contributed by atoms with van der Waals surface area (Å²) in [7, 11) is 0. The van der Waals surface area contributed by atoms with Crippen LogP contribution in [0.5, 0.6) is 0 Å². The Morgan fingerprint density at radius 2 is 1.88 bits per heavy atom. The Kier molecular flexibility index (Phi) is 0.970. The summed E-state index contributed by atoms with van der Waals surface area (Å²) in [5.74, 6) is 0.639. The molecule has 82 valence electrons. The van der Waals surface area contributed by atoms with Crippen LogP contribution in [0.25, 0.3) is 0 Å². The van der Waals surface area contributed by atoms with Crippen molar-refractivity contribution in [3.8, 4) is 0 Å². The average Bonchev–Trinajstić information content (AvgIpc) is 2.56. The number of ether oxygens (including phenoxy) is 1. The minimum atomic E-state index is -0.0162. The summed E-state index contributed by atoms with van der Waals surface area (Å²) in [5.41, 5.74) is 2.01. The van der Waals surface area contributed by atoms with Gasteiger partial charge in [-0.05, 0) is 42.4 Å². The third kappa shape index (κ3) is 0.467. The molecule has 0 aromatic carbocycles. The molecule has 2 heteroatoms. The maximum Gasteiger partial charge on any atom is 0.334 e. The molecule has 0 aromatic heterocycles. The van der Waals surface area contributed by atoms with Gasteiger partial charge in [0.15, 0.2) is 0 Å². The molecule has 3 fully saturated rings. The molecule has 2 unspecified atom stereocenters. The van der Waals surface area contributed by atoms with Gasteiger partial charge >= 0.3 is 5.97 Å². The molecule has 16 heavy (non-hydrogen) atoms. The predicted molar refractivity (Wildman–Crippen MR) is 57.4 cm³/mol. The van der Waals surface area contributed by atoms with Crippen molar-refractivity contribution < 1.29 is 9.53 Å². The second-order valence-corrected chi connectivity index (χ2v) is 6.27. The molecule has 6 aliphatic rings. The van der Waals surface area contributed by atoms with Crippen LogP contribution in [0.4, 0.5) is 0 Å². The normalized spacial score (nSPS) is 58.9. The fourth-order valence-corrected chi connectivity index (χ4v) is 5.97. The van der Waals surface area contributed by atoms with Crippen LogP contribution in [0.15, 0.2) is 23.8 Å². The first kappa shape index (κ1) is 8.10. The number of carbonyl (C=O) groups excluding carboxylic acids is 1. The van der Waals surface area contributed by atoms with Crippen LogP contribution in [0, 0.1) is 22.2 Å². The Hall–Kier alpha value is -1.05. The van der Waals surface area contributed by atoms with Crippen LogP contribution in [-0.4, -0.2) is 12.6 Å². The third-order valence-electron chi connectivity index (χ3n) is 6.31. The van der Waals surface area contributed by atoms with E-state index in [1.54, 1.807) is 0 Å². The lowest BCUT2D eigenvalue weighted by Gasteiger charge is -2.29. The van der Waals surface area contributed by atoms with Gasteiger partial charge in [0.2, 0.25) is 0 Å². The highest BCUT2D eigenvalue weighted by Gasteiger charge is 2.92. The Morgan fingerprint density at radius 1 is 1.19 bits per heavy atom. The zero-order valence-electron chi connectivity index (χ0n) is 9.16. The number of hydrogen-bond acceptors (Lipinski definition) is 2. The fourth-order valence-electron chi connectivity index (χ4n) is 5.97. The minimum Gasteiger partial charge on any atom is -0.461 e. The zero-order valence-corrected chi connectivity index (χ0v) is 9.16. The summed E-state index contributed by atoms with van der Waals surface area (Å²) >= 11 is 0. The Bertz CT molecular complexity index is 477. The Balaban J connectivity index is 1.83. The van der Waals surface area contributed by atoms with Gasteiger partial charge in [-0.2, -0.15) is 0 Å². The van der Waals surface area contributed by atoms with Crippen LogP contribution in [0.3, 0.4) is 0 Å². The first-order chi connectivity index (χ1) is 7.76. The first-order valence-electron chi connectivity index (χ1n) is 6.30. The monoisotopic (exact) mass is 214 g/mol. The number of hydrogen-bond donors (Lipinski definition) is 0. The van der Waals surface area contributed by atoms with E-state index in [4.69, 9.17) is 4.74 Å². The van der Waals surface area contributed by atoms with Crippen LogP contribution in [0.2, 0.25) is 0 Å². The van der Waals surface area contributed by atoms with Gasteiger partial charge in [0.25, 0.3) is 0 Å². The van der Waals surface area contributed by atoms with Gasteiger partial charge in [-0.15, -0.1) is 0 Å². The molecular formula is C14H14O2. The van der Waals surface area contributed by atoms with Gasteiger partial charge in [-0.1, -0.05) is 18.2 Å². The van der Waals surface area contributed by atoms with Crippen LogP contribution < -0.4 is 0 Å². The van der Waals surface area contributed by atoms with Crippen LogP contribution in [0.1, 0.15) is 25.7 Å². The number of rotatable bonds is 0. The SMILES string of the molecule is O=C1OCC23C1=CC1C[C@@]24CC=CC[C@@]34C1. The van der Waals surface area contributed by atoms with Crippen molar-refractivity contribution in [1.82, 2.24) is 0 Å². The number of allylic oxidation sites excluding steroid dienone is 3. The van der Waals surface area contributed by atoms with E-state index in [-0.39, 0.29) is 11.4 Å². The van der Waals surface area contributed by atoms with E-state index in [1.165, 1.54) is 25.7 Å². The van der Waals surface area contributed by atoms with E-state index in [9.17, 15) is 4.79 Å². The maximum atomic E-state index is 11.8. The van der Waals surface area contributed by atoms with Gasteiger partial charge in [0, 0.05) is 11.0 Å². The Morgan fingerprint density at radius 3 is 2.56 bits per heavy atom. The van der Waals surface area contributed by atoms with Crippen molar-refractivity contribution in [2.75, 3.05) is 6.61 Å². The van der Waals surface area contributed by atoms with Gasteiger partial charge in [-0.3, -0.25) is 0 Å². The van der Waals surface area contributed by atoms with Gasteiger partial charge in [0.1, 0.15) is 6.61 Å². The molecule has 6 rings (SSSR count). The molecule has 1 heterocycles. The van der Waals surface area contributed by atoms with Gasteiger partial charge < -0.3 is 4.74 Å². The highest BCUT2D eigenvalue weighted by Crippen LogP contribution is 2.95. The van der Waals surface area contributed by atoms with E-state index in [1.807, 2.05) is 0 Å². The fraction of sp³-hybridized carbons (Fsp3) is 0.643. The van der Waals surface area contributed by atoms with Gasteiger partial charge in [0.05, 0.1) is 0 Å². The van der Waals surface area contributed by atoms with Crippen LogP contribution in [-0.2, 0) is 9.53 Å². The lowest BCUT2D eigenvalue weighted by Crippen LogP contribution is -2.27. The van der Waals surface area contributed by atoms with Gasteiger partial charge in [-0.25, -0.2) is 4.79 Å². The average molecular weight is 214 g/mol. The molecule has 1 aliphatic heterocycles. The minimum absolute atomic E-state index is 0.0162. The number of carbonyl (C=O) groups is 1. The molecule has 3 spiro atoms. The zero-order chi connectivity index (χ0) is 10.6. The molecule has 0 N–H and O–H groups in total. The smallest absolute Gasteiger partial charge is 0.334 e. The molecule has 5 aliphatic carbocycles. The van der Waals surface area contributed by atoms with E-state index in [0.717, 1.165) is 5.57 Å². The molecule has 4 atom stereocenters. The van der Waals surface area contributed by atoms with E-state index >= 15 is 0 Å². The maximum absolute atomic E-state index is 11.8. The van der Waals surface area contributed by atoms with E-state index < -0.39 is 0 Å². The van der Waals surface area contributed by atoms with Crippen molar-refractivity contribution in [2.24, 2.45) is 22.2 Å². The second-order valence-electron chi connectivity index (χ2n) is 6.27. The molecule has 0 aromatic rings. The molecule has 4 bridgehead atoms. The van der Waals surface area contributed by atoms with Crippen molar-refractivity contribution in [1.29, 1.82) is 0 Å². The quantitative estimate of drug-likeness (QED) is 0.456. The van der Waals surface area contributed by atoms with Crippen molar-refractivity contribution in [2.45, 2.75) is 25.7 Å².